The number of benzene rings is 2. The van der Waals surface area contributed by atoms with Gasteiger partial charge in [-0.3, -0.25) is 0 Å². The molecule has 0 saturated carbocycles. The maximum Gasteiger partial charge on any atom is 0.349 e. The summed E-state index contributed by atoms with van der Waals surface area (Å²) in [5.74, 6) is -5.95. The molecule has 0 atom stereocenters. The van der Waals surface area contributed by atoms with Crippen LogP contribution in [0.4, 0.5) is 17.6 Å². The normalized spacial score (nSPS) is 10.4. The van der Waals surface area contributed by atoms with Crippen molar-refractivity contribution in [3.05, 3.63) is 64.7 Å². The molecule has 20 heavy (non-hydrogen) atoms. The molecule has 104 valence electrons. The van der Waals surface area contributed by atoms with Crippen LogP contribution in [0.5, 0.6) is 5.75 Å². The van der Waals surface area contributed by atoms with E-state index in [0.717, 1.165) is 30.3 Å². The van der Waals surface area contributed by atoms with E-state index in [0.29, 0.717) is 0 Å². The smallest absolute Gasteiger partial charge is 0.349 e. The molecule has 0 aliphatic rings. The van der Waals surface area contributed by atoms with Crippen molar-refractivity contribution in [1.82, 2.24) is 0 Å². The third-order valence-electron chi connectivity index (χ3n) is 2.63. The van der Waals surface area contributed by atoms with Gasteiger partial charge in [-0.05, 0) is 19.1 Å². The van der Waals surface area contributed by atoms with Crippen LogP contribution >= 0.6 is 0 Å². The van der Waals surface area contributed by atoms with Crippen molar-refractivity contribution in [1.29, 1.82) is 0 Å². The van der Waals surface area contributed by atoms with Crippen molar-refractivity contribution >= 4 is 5.97 Å². The first-order chi connectivity index (χ1) is 9.40. The molecule has 2 rings (SSSR count). The zero-order valence-electron chi connectivity index (χ0n) is 10.2. The fourth-order valence-electron chi connectivity index (χ4n) is 1.53. The van der Waals surface area contributed by atoms with E-state index in [1.165, 1.54) is 6.92 Å². The summed E-state index contributed by atoms with van der Waals surface area (Å²) in [6.45, 7) is 1.20. The average Bonchev–Trinajstić information content (AvgIpc) is 2.35. The molecule has 2 aromatic rings. The van der Waals surface area contributed by atoms with Crippen LogP contribution in [0.1, 0.15) is 15.9 Å². The van der Waals surface area contributed by atoms with Gasteiger partial charge in [-0.25, -0.2) is 22.4 Å². The van der Waals surface area contributed by atoms with Crippen molar-refractivity contribution in [2.24, 2.45) is 0 Å². The van der Waals surface area contributed by atoms with Gasteiger partial charge in [-0.1, -0.05) is 6.07 Å². The van der Waals surface area contributed by atoms with Gasteiger partial charge in [0, 0.05) is 17.7 Å². The van der Waals surface area contributed by atoms with E-state index in [2.05, 4.69) is 4.74 Å². The lowest BCUT2D eigenvalue weighted by atomic mass is 10.2. The Kier molecular flexibility index (Phi) is 3.74. The van der Waals surface area contributed by atoms with Crippen LogP contribution in [0.2, 0.25) is 0 Å². The largest absolute Gasteiger partial charge is 0.423 e. The molecule has 0 N–H and O–H groups in total. The lowest BCUT2D eigenvalue weighted by Gasteiger charge is -2.07. The van der Waals surface area contributed by atoms with E-state index in [1.54, 1.807) is 0 Å². The van der Waals surface area contributed by atoms with Gasteiger partial charge in [0.1, 0.15) is 34.6 Å². The summed E-state index contributed by atoms with van der Waals surface area (Å²) in [6, 6.07) is 4.34. The number of halogens is 4. The second-order valence-electron chi connectivity index (χ2n) is 4.00. The van der Waals surface area contributed by atoms with E-state index in [-0.39, 0.29) is 5.56 Å². The molecular weight excluding hydrogens is 276 g/mol. The van der Waals surface area contributed by atoms with Crippen LogP contribution in [0.25, 0.3) is 0 Å². The Bertz CT molecular complexity index is 640. The molecule has 0 aliphatic heterocycles. The molecule has 0 bridgehead atoms. The zero-order chi connectivity index (χ0) is 14.9. The van der Waals surface area contributed by atoms with Crippen LogP contribution in [-0.2, 0) is 0 Å². The van der Waals surface area contributed by atoms with E-state index >= 15 is 0 Å². The summed E-state index contributed by atoms with van der Waals surface area (Å²) in [4.78, 5) is 11.6. The van der Waals surface area contributed by atoms with Crippen LogP contribution in [0.3, 0.4) is 0 Å². The molecule has 6 heteroatoms. The molecule has 2 aromatic carbocycles. The predicted molar refractivity (Wildman–Crippen MR) is 62.4 cm³/mol. The third kappa shape index (κ3) is 2.64. The van der Waals surface area contributed by atoms with Crippen LogP contribution in [-0.4, -0.2) is 5.97 Å². The van der Waals surface area contributed by atoms with E-state index in [9.17, 15) is 22.4 Å². The number of esters is 1. The first-order valence-electron chi connectivity index (χ1n) is 5.52. The molecular formula is C14H8F4O2. The van der Waals surface area contributed by atoms with E-state index in [1.807, 2.05) is 0 Å². The standard InChI is InChI=1S/C14H8F4O2/c1-7-11(17)5-8(6-12(7)18)20-14(19)13-9(15)3-2-4-10(13)16/h2-6H,1H3. The fourth-order valence-corrected chi connectivity index (χ4v) is 1.53. The second-order valence-corrected chi connectivity index (χ2v) is 4.00. The summed E-state index contributed by atoms with van der Waals surface area (Å²) in [5, 5.41) is 0. The SMILES string of the molecule is Cc1c(F)cc(OC(=O)c2c(F)cccc2F)cc1F. The van der Waals surface area contributed by atoms with E-state index < -0.39 is 40.6 Å². The van der Waals surface area contributed by atoms with E-state index in [4.69, 9.17) is 0 Å². The van der Waals surface area contributed by atoms with Gasteiger partial charge in [0.05, 0.1) is 0 Å². The number of carbonyl (C=O) groups excluding carboxylic acids is 1. The lowest BCUT2D eigenvalue weighted by molar-refractivity contribution is 0.0723. The monoisotopic (exact) mass is 284 g/mol. The Morgan fingerprint density at radius 3 is 1.95 bits per heavy atom. The minimum atomic E-state index is -1.37. The molecule has 0 spiro atoms. The highest BCUT2D eigenvalue weighted by Gasteiger charge is 2.20. The number of hydrogen-bond acceptors (Lipinski definition) is 2. The van der Waals surface area contributed by atoms with Gasteiger partial charge in [-0.15, -0.1) is 0 Å². The van der Waals surface area contributed by atoms with Crippen LogP contribution in [0, 0.1) is 30.2 Å². The third-order valence-corrected chi connectivity index (χ3v) is 2.63. The van der Waals surface area contributed by atoms with Crippen molar-refractivity contribution < 1.29 is 27.1 Å². The average molecular weight is 284 g/mol. The molecule has 0 heterocycles. The van der Waals surface area contributed by atoms with Crippen LogP contribution in [0.15, 0.2) is 30.3 Å². The maximum atomic E-state index is 13.3. The van der Waals surface area contributed by atoms with Gasteiger partial charge < -0.3 is 4.74 Å². The van der Waals surface area contributed by atoms with Gasteiger partial charge in [0.15, 0.2) is 0 Å². The fraction of sp³-hybridized carbons (Fsp3) is 0.0714. The second kappa shape index (κ2) is 5.32. The highest BCUT2D eigenvalue weighted by atomic mass is 19.1. The summed E-state index contributed by atoms with van der Waals surface area (Å²) in [7, 11) is 0. The molecule has 0 saturated heterocycles. The molecule has 0 unspecified atom stereocenters. The van der Waals surface area contributed by atoms with Crippen molar-refractivity contribution in [2.45, 2.75) is 6.92 Å². The first-order valence-corrected chi connectivity index (χ1v) is 5.52. The summed E-state index contributed by atoms with van der Waals surface area (Å²) >= 11 is 0. The molecule has 0 amide bonds. The van der Waals surface area contributed by atoms with Crippen LogP contribution < -0.4 is 4.74 Å². The maximum absolute atomic E-state index is 13.3. The Hall–Kier alpha value is -2.37. The molecule has 0 fully saturated rings. The minimum absolute atomic E-state index is 0.248. The quantitative estimate of drug-likeness (QED) is 0.476. The predicted octanol–water partition coefficient (Wildman–Crippen LogP) is 3.77. The molecule has 2 nitrogen and oxygen atoms in total. The van der Waals surface area contributed by atoms with Gasteiger partial charge in [0.25, 0.3) is 0 Å². The van der Waals surface area contributed by atoms with Crippen molar-refractivity contribution in [3.8, 4) is 5.75 Å². The summed E-state index contributed by atoms with van der Waals surface area (Å²) < 4.78 is 57.8. The number of rotatable bonds is 2. The number of carbonyl (C=O) groups is 1. The van der Waals surface area contributed by atoms with Gasteiger partial charge in [0.2, 0.25) is 0 Å². The highest BCUT2D eigenvalue weighted by molar-refractivity contribution is 5.91. The highest BCUT2D eigenvalue weighted by Crippen LogP contribution is 2.22. The number of hydrogen-bond donors (Lipinski definition) is 0. The Morgan fingerprint density at radius 2 is 1.45 bits per heavy atom. The molecule has 0 radical (unpaired) electrons. The summed E-state index contributed by atoms with van der Waals surface area (Å²) in [6.07, 6.45) is 0. The topological polar surface area (TPSA) is 26.3 Å². The van der Waals surface area contributed by atoms with Gasteiger partial charge >= 0.3 is 5.97 Å². The zero-order valence-corrected chi connectivity index (χ0v) is 10.2. The minimum Gasteiger partial charge on any atom is -0.423 e. The Morgan fingerprint density at radius 1 is 0.950 bits per heavy atom. The lowest BCUT2D eigenvalue weighted by Crippen LogP contribution is -2.13. The van der Waals surface area contributed by atoms with Gasteiger partial charge in [-0.2, -0.15) is 0 Å². The van der Waals surface area contributed by atoms with Crippen molar-refractivity contribution in [2.75, 3.05) is 0 Å². The molecule has 0 aliphatic carbocycles. The summed E-state index contributed by atoms with van der Waals surface area (Å²) in [5.41, 5.74) is -1.17. The van der Waals surface area contributed by atoms with Crippen molar-refractivity contribution in [3.63, 3.8) is 0 Å². The Balaban J connectivity index is 2.33. The molecule has 0 aromatic heterocycles. The number of ether oxygens (including phenoxy) is 1. The Labute approximate surface area is 111 Å². The first kappa shape index (κ1) is 14.0.